The van der Waals surface area contributed by atoms with Gasteiger partial charge in [-0.2, -0.15) is 5.10 Å². The topological polar surface area (TPSA) is 107 Å². The first kappa shape index (κ1) is 20.3. The molecule has 1 aliphatic heterocycles. The van der Waals surface area contributed by atoms with Crippen LogP contribution in [0.5, 0.6) is 0 Å². The van der Waals surface area contributed by atoms with Crippen molar-refractivity contribution in [3.8, 4) is 11.4 Å². The Morgan fingerprint density at radius 1 is 1.00 bits per heavy atom. The van der Waals surface area contributed by atoms with Crippen molar-refractivity contribution in [3.05, 3.63) is 42.1 Å². The van der Waals surface area contributed by atoms with E-state index in [9.17, 15) is 8.42 Å². The zero-order chi connectivity index (χ0) is 21.3. The third-order valence-corrected chi connectivity index (χ3v) is 6.17. The highest BCUT2D eigenvalue weighted by molar-refractivity contribution is 7.90. The molecule has 4 rings (SSSR count). The number of nitrogens with one attached hydrogen (secondary N) is 2. The van der Waals surface area contributed by atoms with E-state index < -0.39 is 9.84 Å². The number of aromatic amines is 1. The zero-order valence-corrected chi connectivity index (χ0v) is 18.1. The second kappa shape index (κ2) is 8.04. The Morgan fingerprint density at radius 3 is 2.30 bits per heavy atom. The highest BCUT2D eigenvalue weighted by atomic mass is 32.2. The molecular weight excluding hydrogens is 402 g/mol. The Bertz CT molecular complexity index is 1130. The number of rotatable bonds is 5. The summed E-state index contributed by atoms with van der Waals surface area (Å²) in [5.41, 5.74) is 1.70. The van der Waals surface area contributed by atoms with Crippen LogP contribution in [0, 0.1) is 6.92 Å². The molecule has 0 unspecified atom stereocenters. The third kappa shape index (κ3) is 4.60. The summed E-state index contributed by atoms with van der Waals surface area (Å²) in [6, 6.07) is 10.5. The molecule has 0 bridgehead atoms. The molecule has 10 heteroatoms. The van der Waals surface area contributed by atoms with E-state index in [2.05, 4.69) is 37.3 Å². The van der Waals surface area contributed by atoms with Gasteiger partial charge in [-0.15, -0.1) is 0 Å². The highest BCUT2D eigenvalue weighted by Gasteiger charge is 2.18. The molecule has 3 heterocycles. The van der Waals surface area contributed by atoms with Crippen molar-refractivity contribution in [1.29, 1.82) is 0 Å². The van der Waals surface area contributed by atoms with Crippen molar-refractivity contribution in [2.75, 3.05) is 49.7 Å². The van der Waals surface area contributed by atoms with Gasteiger partial charge in [0.25, 0.3) is 0 Å². The summed E-state index contributed by atoms with van der Waals surface area (Å²) in [4.78, 5) is 14.2. The molecule has 3 aromatic rings. The minimum absolute atomic E-state index is 0.270. The summed E-state index contributed by atoms with van der Waals surface area (Å²) in [5.74, 6) is 2.66. The standard InChI is InChI=1S/C20H25N7O2S/c1-14-12-18(25-24-14)21-17-13-19(27-10-8-26(2)9-11-27)23-20(22-17)15-4-6-16(7-5-15)30(3,28)29/h4-7,12-13H,8-11H2,1-3H3,(H2,21,22,23,24,25). The number of H-pyrrole nitrogens is 1. The number of hydrogen-bond donors (Lipinski definition) is 2. The lowest BCUT2D eigenvalue weighted by molar-refractivity contribution is 0.312. The van der Waals surface area contributed by atoms with Gasteiger partial charge in [-0.1, -0.05) is 0 Å². The fourth-order valence-corrected chi connectivity index (χ4v) is 3.92. The molecule has 158 valence electrons. The van der Waals surface area contributed by atoms with Crippen molar-refractivity contribution in [2.24, 2.45) is 0 Å². The van der Waals surface area contributed by atoms with E-state index in [0.717, 1.165) is 43.3 Å². The van der Waals surface area contributed by atoms with E-state index in [1.165, 1.54) is 6.26 Å². The molecular formula is C20H25N7O2S. The van der Waals surface area contributed by atoms with Crippen LogP contribution in [0.3, 0.4) is 0 Å². The van der Waals surface area contributed by atoms with Crippen LogP contribution in [0.2, 0.25) is 0 Å². The second-order valence-electron chi connectivity index (χ2n) is 7.58. The van der Waals surface area contributed by atoms with E-state index in [1.807, 2.05) is 19.1 Å². The SMILES string of the molecule is Cc1cc(Nc2cc(N3CCN(C)CC3)nc(-c3ccc(S(C)(=O)=O)cc3)n2)n[nH]1. The highest BCUT2D eigenvalue weighted by Crippen LogP contribution is 2.26. The van der Waals surface area contributed by atoms with Gasteiger partial charge in [0.1, 0.15) is 11.6 Å². The van der Waals surface area contributed by atoms with Crippen LogP contribution in [0.4, 0.5) is 17.5 Å². The molecule has 30 heavy (non-hydrogen) atoms. The van der Waals surface area contributed by atoms with Crippen LogP contribution in [0.1, 0.15) is 5.69 Å². The Labute approximate surface area is 176 Å². The van der Waals surface area contributed by atoms with E-state index in [1.54, 1.807) is 24.3 Å². The number of likely N-dealkylation sites (N-methyl/N-ethyl adjacent to an activating group) is 1. The molecule has 1 aliphatic rings. The smallest absolute Gasteiger partial charge is 0.175 e. The van der Waals surface area contributed by atoms with Gasteiger partial charge in [-0.3, -0.25) is 5.10 Å². The largest absolute Gasteiger partial charge is 0.354 e. The maximum Gasteiger partial charge on any atom is 0.175 e. The van der Waals surface area contributed by atoms with E-state index in [0.29, 0.717) is 17.5 Å². The van der Waals surface area contributed by atoms with Crippen LogP contribution in [-0.4, -0.2) is 73.0 Å². The first-order valence-corrected chi connectivity index (χ1v) is 11.6. The minimum Gasteiger partial charge on any atom is -0.354 e. The summed E-state index contributed by atoms with van der Waals surface area (Å²) in [6.07, 6.45) is 1.19. The molecule has 0 aliphatic carbocycles. The Kier molecular flexibility index (Phi) is 5.44. The molecule has 2 N–H and O–H groups in total. The van der Waals surface area contributed by atoms with Crippen LogP contribution in [0.15, 0.2) is 41.3 Å². The fourth-order valence-electron chi connectivity index (χ4n) is 3.29. The summed E-state index contributed by atoms with van der Waals surface area (Å²) >= 11 is 0. The van der Waals surface area contributed by atoms with Gasteiger partial charge in [0, 0.05) is 55.8 Å². The first-order valence-electron chi connectivity index (χ1n) is 9.70. The van der Waals surface area contributed by atoms with Gasteiger partial charge >= 0.3 is 0 Å². The maximum absolute atomic E-state index is 11.8. The lowest BCUT2D eigenvalue weighted by Crippen LogP contribution is -2.44. The molecule has 0 spiro atoms. The lowest BCUT2D eigenvalue weighted by Gasteiger charge is -2.33. The van der Waals surface area contributed by atoms with Gasteiger partial charge < -0.3 is 15.1 Å². The Morgan fingerprint density at radius 2 is 1.70 bits per heavy atom. The third-order valence-electron chi connectivity index (χ3n) is 5.04. The molecule has 0 atom stereocenters. The number of hydrogen-bond acceptors (Lipinski definition) is 8. The quantitative estimate of drug-likeness (QED) is 0.637. The van der Waals surface area contributed by atoms with Crippen LogP contribution >= 0.6 is 0 Å². The number of aromatic nitrogens is 4. The van der Waals surface area contributed by atoms with E-state index in [4.69, 9.17) is 4.98 Å². The summed E-state index contributed by atoms with van der Waals surface area (Å²) < 4.78 is 23.5. The molecule has 9 nitrogen and oxygen atoms in total. The number of nitrogens with zero attached hydrogens (tertiary/aromatic N) is 5. The van der Waals surface area contributed by atoms with Crippen molar-refractivity contribution < 1.29 is 8.42 Å². The number of piperazine rings is 1. The number of benzene rings is 1. The van der Waals surface area contributed by atoms with Crippen LogP contribution in [0.25, 0.3) is 11.4 Å². The summed E-state index contributed by atoms with van der Waals surface area (Å²) in [7, 11) is -1.15. The summed E-state index contributed by atoms with van der Waals surface area (Å²) in [6.45, 7) is 5.61. The average Bonchev–Trinajstić information content (AvgIpc) is 3.12. The van der Waals surface area contributed by atoms with Crippen molar-refractivity contribution in [3.63, 3.8) is 0 Å². The normalized spacial score (nSPS) is 15.4. The lowest BCUT2D eigenvalue weighted by atomic mass is 10.2. The molecule has 0 saturated carbocycles. The zero-order valence-electron chi connectivity index (χ0n) is 17.3. The molecule has 1 saturated heterocycles. The summed E-state index contributed by atoms with van der Waals surface area (Å²) in [5, 5.41) is 10.4. The van der Waals surface area contributed by atoms with Gasteiger partial charge in [0.15, 0.2) is 21.5 Å². The maximum atomic E-state index is 11.8. The molecule has 0 radical (unpaired) electrons. The molecule has 1 aromatic carbocycles. The Balaban J connectivity index is 1.71. The van der Waals surface area contributed by atoms with Gasteiger partial charge in [0.2, 0.25) is 0 Å². The predicted molar refractivity (Wildman–Crippen MR) is 117 cm³/mol. The number of sulfone groups is 1. The van der Waals surface area contributed by atoms with Crippen molar-refractivity contribution in [2.45, 2.75) is 11.8 Å². The van der Waals surface area contributed by atoms with Gasteiger partial charge in [-0.25, -0.2) is 18.4 Å². The monoisotopic (exact) mass is 427 g/mol. The van der Waals surface area contributed by atoms with Gasteiger partial charge in [0.05, 0.1) is 4.90 Å². The Hall–Kier alpha value is -2.98. The number of anilines is 3. The average molecular weight is 428 g/mol. The van der Waals surface area contributed by atoms with Crippen LogP contribution < -0.4 is 10.2 Å². The van der Waals surface area contributed by atoms with Crippen LogP contribution in [-0.2, 0) is 9.84 Å². The molecule has 2 aromatic heterocycles. The molecule has 1 fully saturated rings. The van der Waals surface area contributed by atoms with E-state index in [-0.39, 0.29) is 4.90 Å². The minimum atomic E-state index is -3.26. The first-order chi connectivity index (χ1) is 14.3. The molecule has 0 amide bonds. The second-order valence-corrected chi connectivity index (χ2v) is 9.60. The predicted octanol–water partition coefficient (Wildman–Crippen LogP) is 2.07. The fraction of sp³-hybridized carbons (Fsp3) is 0.350. The number of aryl methyl sites for hydroxylation is 1. The van der Waals surface area contributed by atoms with E-state index >= 15 is 0 Å². The van der Waals surface area contributed by atoms with Crippen molar-refractivity contribution in [1.82, 2.24) is 25.1 Å². The van der Waals surface area contributed by atoms with Gasteiger partial charge in [-0.05, 0) is 38.2 Å². The van der Waals surface area contributed by atoms with Crippen molar-refractivity contribution >= 4 is 27.3 Å².